The number of carbonyl (C=O) groups is 1. The van der Waals surface area contributed by atoms with Gasteiger partial charge in [-0.25, -0.2) is 4.39 Å². The van der Waals surface area contributed by atoms with Crippen LogP contribution in [0.4, 0.5) is 8.78 Å². The fourth-order valence-electron chi connectivity index (χ4n) is 1.77. The molecule has 2 nitrogen and oxygen atoms in total. The summed E-state index contributed by atoms with van der Waals surface area (Å²) in [5, 5.41) is 0. The van der Waals surface area contributed by atoms with E-state index in [1.54, 1.807) is 0 Å². The highest BCUT2D eigenvalue weighted by Crippen LogP contribution is 2.39. The van der Waals surface area contributed by atoms with E-state index in [2.05, 4.69) is 15.9 Å². The van der Waals surface area contributed by atoms with Crippen LogP contribution in [0.15, 0.2) is 4.47 Å². The van der Waals surface area contributed by atoms with Crippen molar-refractivity contribution in [2.45, 2.75) is 12.8 Å². The standard InChI is InChI=1S/C10H7BrF2O2/c1-15-10-6-4(2-3-5(6)14)7(11)8(12)9(10)13/h2-3H2,1H3. The lowest BCUT2D eigenvalue weighted by atomic mass is 10.1. The summed E-state index contributed by atoms with van der Waals surface area (Å²) >= 11 is 2.95. The third-order valence-electron chi connectivity index (χ3n) is 2.46. The maximum absolute atomic E-state index is 13.4. The van der Waals surface area contributed by atoms with E-state index in [-0.39, 0.29) is 28.0 Å². The molecule has 0 radical (unpaired) electrons. The van der Waals surface area contributed by atoms with Crippen LogP contribution in [-0.4, -0.2) is 12.9 Å². The van der Waals surface area contributed by atoms with E-state index >= 15 is 0 Å². The van der Waals surface area contributed by atoms with E-state index in [4.69, 9.17) is 4.74 Å². The van der Waals surface area contributed by atoms with E-state index in [0.29, 0.717) is 12.0 Å². The summed E-state index contributed by atoms with van der Waals surface area (Å²) in [6, 6.07) is 0. The number of hydrogen-bond acceptors (Lipinski definition) is 2. The summed E-state index contributed by atoms with van der Waals surface area (Å²) in [6.45, 7) is 0. The quantitative estimate of drug-likeness (QED) is 0.738. The molecule has 2 rings (SSSR count). The van der Waals surface area contributed by atoms with Crippen LogP contribution in [0.25, 0.3) is 0 Å². The molecule has 0 N–H and O–H groups in total. The molecule has 0 unspecified atom stereocenters. The molecule has 1 aromatic rings. The number of fused-ring (bicyclic) bond motifs is 1. The van der Waals surface area contributed by atoms with Crippen molar-refractivity contribution >= 4 is 21.7 Å². The maximum Gasteiger partial charge on any atom is 0.202 e. The first kappa shape index (κ1) is 10.5. The zero-order valence-electron chi connectivity index (χ0n) is 7.86. The van der Waals surface area contributed by atoms with Crippen molar-refractivity contribution < 1.29 is 18.3 Å². The molecule has 80 valence electrons. The third kappa shape index (κ3) is 1.37. The van der Waals surface area contributed by atoms with Crippen LogP contribution in [0.5, 0.6) is 5.75 Å². The van der Waals surface area contributed by atoms with Gasteiger partial charge in [0.1, 0.15) is 0 Å². The van der Waals surface area contributed by atoms with Crippen molar-refractivity contribution in [2.24, 2.45) is 0 Å². The topological polar surface area (TPSA) is 26.3 Å². The molecular formula is C10H7BrF2O2. The number of hydrogen-bond donors (Lipinski definition) is 0. The number of carbonyl (C=O) groups excluding carboxylic acids is 1. The molecular weight excluding hydrogens is 270 g/mol. The van der Waals surface area contributed by atoms with E-state index in [1.165, 1.54) is 7.11 Å². The van der Waals surface area contributed by atoms with Gasteiger partial charge in [0.25, 0.3) is 0 Å². The minimum Gasteiger partial charge on any atom is -0.493 e. The average molecular weight is 277 g/mol. The summed E-state index contributed by atoms with van der Waals surface area (Å²) in [5.74, 6) is -2.60. The predicted molar refractivity (Wildman–Crippen MR) is 53.3 cm³/mol. The van der Waals surface area contributed by atoms with Gasteiger partial charge in [0.2, 0.25) is 5.82 Å². The van der Waals surface area contributed by atoms with Crippen molar-refractivity contribution in [1.29, 1.82) is 0 Å². The summed E-state index contributed by atoms with van der Waals surface area (Å²) in [6.07, 6.45) is 0.690. The van der Waals surface area contributed by atoms with Crippen LogP contribution >= 0.6 is 15.9 Å². The lowest BCUT2D eigenvalue weighted by Crippen LogP contribution is -2.03. The van der Waals surface area contributed by atoms with Gasteiger partial charge >= 0.3 is 0 Å². The Kier molecular flexibility index (Phi) is 2.50. The van der Waals surface area contributed by atoms with Gasteiger partial charge in [-0.15, -0.1) is 0 Å². The van der Waals surface area contributed by atoms with Gasteiger partial charge in [-0.3, -0.25) is 4.79 Å². The zero-order valence-corrected chi connectivity index (χ0v) is 9.45. The van der Waals surface area contributed by atoms with E-state index < -0.39 is 11.6 Å². The summed E-state index contributed by atoms with van der Waals surface area (Å²) in [7, 11) is 1.22. The molecule has 0 heterocycles. The Bertz CT molecular complexity index is 457. The Hall–Kier alpha value is -0.970. The molecule has 0 aromatic heterocycles. The second kappa shape index (κ2) is 3.56. The molecule has 0 saturated carbocycles. The fraction of sp³-hybridized carbons (Fsp3) is 0.300. The molecule has 0 atom stereocenters. The minimum atomic E-state index is -1.11. The zero-order chi connectivity index (χ0) is 11.2. The molecule has 0 aliphatic heterocycles. The Morgan fingerprint density at radius 1 is 1.27 bits per heavy atom. The molecule has 1 aliphatic carbocycles. The van der Waals surface area contributed by atoms with Gasteiger partial charge in [0.15, 0.2) is 17.3 Å². The molecule has 0 spiro atoms. The van der Waals surface area contributed by atoms with Crippen molar-refractivity contribution in [3.63, 3.8) is 0 Å². The van der Waals surface area contributed by atoms with Gasteiger partial charge in [-0.1, -0.05) is 0 Å². The van der Waals surface area contributed by atoms with Gasteiger partial charge in [-0.2, -0.15) is 4.39 Å². The molecule has 0 saturated heterocycles. The summed E-state index contributed by atoms with van der Waals surface area (Å²) in [5.41, 5.74) is 0.666. The average Bonchev–Trinajstić information content (AvgIpc) is 2.59. The number of halogens is 3. The van der Waals surface area contributed by atoms with E-state index in [9.17, 15) is 13.6 Å². The molecule has 0 fully saturated rings. The van der Waals surface area contributed by atoms with Crippen molar-refractivity contribution in [3.05, 3.63) is 27.2 Å². The number of methoxy groups -OCH3 is 1. The fourth-order valence-corrected chi connectivity index (χ4v) is 2.34. The Morgan fingerprint density at radius 2 is 1.93 bits per heavy atom. The maximum atomic E-state index is 13.4. The lowest BCUT2D eigenvalue weighted by Gasteiger charge is -2.10. The number of rotatable bonds is 1. The number of Topliss-reactive ketones (excluding diaryl/α,β-unsaturated/α-hetero) is 1. The predicted octanol–water partition coefficient (Wildman–Crippen LogP) is 2.86. The molecule has 5 heteroatoms. The highest BCUT2D eigenvalue weighted by atomic mass is 79.9. The molecule has 0 amide bonds. The van der Waals surface area contributed by atoms with Gasteiger partial charge in [0, 0.05) is 6.42 Å². The van der Waals surface area contributed by atoms with Crippen molar-refractivity contribution in [3.8, 4) is 5.75 Å². The highest BCUT2D eigenvalue weighted by molar-refractivity contribution is 9.10. The van der Waals surface area contributed by atoms with E-state index in [0.717, 1.165) is 0 Å². The number of ketones is 1. The van der Waals surface area contributed by atoms with Crippen LogP contribution in [0.3, 0.4) is 0 Å². The number of ether oxygens (including phenoxy) is 1. The van der Waals surface area contributed by atoms with Crippen LogP contribution in [-0.2, 0) is 6.42 Å². The van der Waals surface area contributed by atoms with Gasteiger partial charge in [0.05, 0.1) is 17.1 Å². The summed E-state index contributed by atoms with van der Waals surface area (Å²) in [4.78, 5) is 11.5. The SMILES string of the molecule is COc1c(F)c(F)c(Br)c2c1C(=O)CC2. The van der Waals surface area contributed by atoms with Crippen molar-refractivity contribution in [1.82, 2.24) is 0 Å². The molecule has 0 bridgehead atoms. The Morgan fingerprint density at radius 3 is 2.53 bits per heavy atom. The third-order valence-corrected chi connectivity index (χ3v) is 3.29. The smallest absolute Gasteiger partial charge is 0.202 e. The first-order chi connectivity index (χ1) is 7.07. The van der Waals surface area contributed by atoms with Crippen LogP contribution in [0, 0.1) is 11.6 Å². The van der Waals surface area contributed by atoms with E-state index in [1.807, 2.05) is 0 Å². The lowest BCUT2D eigenvalue weighted by molar-refractivity contribution is 0.0991. The van der Waals surface area contributed by atoms with Crippen molar-refractivity contribution in [2.75, 3.05) is 7.11 Å². The number of benzene rings is 1. The molecule has 1 aromatic carbocycles. The van der Waals surface area contributed by atoms with Gasteiger partial charge < -0.3 is 4.74 Å². The Balaban J connectivity index is 2.82. The molecule has 15 heavy (non-hydrogen) atoms. The normalized spacial score (nSPS) is 14.3. The highest BCUT2D eigenvalue weighted by Gasteiger charge is 2.31. The van der Waals surface area contributed by atoms with Crippen LogP contribution in [0.1, 0.15) is 22.3 Å². The van der Waals surface area contributed by atoms with Crippen LogP contribution < -0.4 is 4.74 Å². The molecule has 1 aliphatic rings. The second-order valence-electron chi connectivity index (χ2n) is 3.25. The first-order valence-electron chi connectivity index (χ1n) is 4.34. The van der Waals surface area contributed by atoms with Gasteiger partial charge in [-0.05, 0) is 27.9 Å². The van der Waals surface area contributed by atoms with Crippen LogP contribution in [0.2, 0.25) is 0 Å². The Labute approximate surface area is 93.4 Å². The minimum absolute atomic E-state index is 0.0293. The summed E-state index contributed by atoms with van der Waals surface area (Å²) < 4.78 is 31.5. The largest absolute Gasteiger partial charge is 0.493 e. The second-order valence-corrected chi connectivity index (χ2v) is 4.04. The monoisotopic (exact) mass is 276 g/mol. The first-order valence-corrected chi connectivity index (χ1v) is 5.13.